The Labute approximate surface area is 241 Å². The number of nitrogens with zero attached hydrogens (tertiary/aromatic N) is 1. The molecule has 226 valence electrons. The maximum Gasteiger partial charge on any atom is 0.306 e. The molecule has 0 aliphatic heterocycles. The molecule has 4 rings (SSSR count). The van der Waals surface area contributed by atoms with Crippen LogP contribution in [0.2, 0.25) is 0 Å². The van der Waals surface area contributed by atoms with Crippen molar-refractivity contribution in [3.8, 4) is 0 Å². The highest BCUT2D eigenvalue weighted by Crippen LogP contribution is 2.68. The van der Waals surface area contributed by atoms with Crippen molar-refractivity contribution in [2.75, 3.05) is 33.2 Å². The molecule has 0 aromatic heterocycles. The van der Waals surface area contributed by atoms with Crippen LogP contribution in [0.15, 0.2) is 0 Å². The van der Waals surface area contributed by atoms with E-state index in [1.165, 1.54) is 70.8 Å². The lowest BCUT2D eigenvalue weighted by Gasteiger charge is -2.61. The van der Waals surface area contributed by atoms with Gasteiger partial charge in [-0.15, -0.1) is 0 Å². The Bertz CT molecular complexity index is 788. The Morgan fingerprint density at radius 1 is 0.974 bits per heavy atom. The smallest absolute Gasteiger partial charge is 0.306 e. The first-order valence-corrected chi connectivity index (χ1v) is 16.9. The summed E-state index contributed by atoms with van der Waals surface area (Å²) in [6.45, 7) is 15.9. The van der Waals surface area contributed by atoms with Gasteiger partial charge in [0.2, 0.25) is 0 Å². The second-order valence-electron chi connectivity index (χ2n) is 15.2. The average molecular weight is 546 g/mol. The first kappa shape index (κ1) is 31.3. The van der Waals surface area contributed by atoms with E-state index in [9.17, 15) is 4.79 Å². The highest BCUT2D eigenvalue weighted by atomic mass is 16.5. The second kappa shape index (κ2) is 13.6. The Morgan fingerprint density at radius 3 is 2.44 bits per heavy atom. The minimum atomic E-state index is -0.00792. The molecular formula is C34H63N3O2. The van der Waals surface area contributed by atoms with Crippen LogP contribution in [0, 0.1) is 46.3 Å². The summed E-state index contributed by atoms with van der Waals surface area (Å²) in [5.74, 6) is 5.05. The van der Waals surface area contributed by atoms with Crippen molar-refractivity contribution >= 4 is 5.97 Å². The molecule has 0 spiro atoms. The maximum atomic E-state index is 12.2. The summed E-state index contributed by atoms with van der Waals surface area (Å²) in [5.41, 5.74) is 6.69. The van der Waals surface area contributed by atoms with Crippen molar-refractivity contribution in [1.29, 1.82) is 0 Å². The van der Waals surface area contributed by atoms with E-state index in [4.69, 9.17) is 10.5 Å². The third-order valence-electron chi connectivity index (χ3n) is 12.5. The quantitative estimate of drug-likeness (QED) is 0.201. The maximum absolute atomic E-state index is 12.2. The number of hydrogen-bond donors (Lipinski definition) is 2. The van der Waals surface area contributed by atoms with Gasteiger partial charge in [-0.2, -0.15) is 0 Å². The van der Waals surface area contributed by atoms with Crippen LogP contribution >= 0.6 is 0 Å². The number of carbonyl (C=O) groups is 1. The van der Waals surface area contributed by atoms with Gasteiger partial charge in [0.15, 0.2) is 0 Å². The number of nitrogens with one attached hydrogen (secondary N) is 1. The number of hydrogen-bond acceptors (Lipinski definition) is 5. The third kappa shape index (κ3) is 7.05. The van der Waals surface area contributed by atoms with E-state index in [1.807, 2.05) is 13.8 Å². The van der Waals surface area contributed by atoms with E-state index in [1.54, 1.807) is 0 Å². The fourth-order valence-corrected chi connectivity index (χ4v) is 10.4. The summed E-state index contributed by atoms with van der Waals surface area (Å²) in [6, 6.07) is 0.724. The fraction of sp³-hybridized carbons (Fsp3) is 0.971. The van der Waals surface area contributed by atoms with Crippen LogP contribution in [0.3, 0.4) is 0 Å². The molecule has 4 aliphatic carbocycles. The lowest BCUT2D eigenvalue weighted by atomic mass is 9.44. The normalized spacial score (nSPS) is 38.8. The summed E-state index contributed by atoms with van der Waals surface area (Å²) in [4.78, 5) is 14.6. The number of esters is 1. The van der Waals surface area contributed by atoms with Crippen molar-refractivity contribution in [2.24, 2.45) is 52.1 Å². The molecule has 4 fully saturated rings. The summed E-state index contributed by atoms with van der Waals surface area (Å²) >= 11 is 0. The van der Waals surface area contributed by atoms with Gasteiger partial charge in [-0.1, -0.05) is 20.8 Å². The minimum Gasteiger partial charge on any atom is -0.463 e. The van der Waals surface area contributed by atoms with Crippen LogP contribution in [0.1, 0.15) is 118 Å². The van der Waals surface area contributed by atoms with E-state index in [0.29, 0.717) is 23.2 Å². The Balaban J connectivity index is 1.28. The summed E-state index contributed by atoms with van der Waals surface area (Å²) in [6.07, 6.45) is 16.7. The molecule has 0 heterocycles. The van der Waals surface area contributed by atoms with Crippen molar-refractivity contribution in [3.63, 3.8) is 0 Å². The number of nitrogens with two attached hydrogens (primary N) is 1. The molecule has 0 bridgehead atoms. The van der Waals surface area contributed by atoms with Crippen molar-refractivity contribution in [2.45, 2.75) is 130 Å². The van der Waals surface area contributed by atoms with Gasteiger partial charge in [0.1, 0.15) is 0 Å². The minimum absolute atomic E-state index is 0.00242. The molecule has 3 N–H and O–H groups in total. The standard InChI is InChI=1S/C34H63N3O2/c1-24(2)39-32(38)14-9-25(3)29-12-13-30-28-11-10-26-23-27(36-20-8-22-37(6)21-7-19-35)15-17-33(26,4)31(28)16-18-34(29,30)5/h24-31,36H,7-23,35H2,1-6H3/t25-,26?,27+,28?,29?,30?,31?,33+,34-/m1/s1. The van der Waals surface area contributed by atoms with E-state index < -0.39 is 0 Å². The Morgan fingerprint density at radius 2 is 1.69 bits per heavy atom. The monoisotopic (exact) mass is 545 g/mol. The molecule has 0 aromatic carbocycles. The van der Waals surface area contributed by atoms with Crippen LogP contribution in [0.4, 0.5) is 0 Å². The highest BCUT2D eigenvalue weighted by molar-refractivity contribution is 5.69. The van der Waals surface area contributed by atoms with Gasteiger partial charge >= 0.3 is 5.97 Å². The van der Waals surface area contributed by atoms with Gasteiger partial charge < -0.3 is 20.7 Å². The largest absolute Gasteiger partial charge is 0.463 e. The van der Waals surface area contributed by atoms with Crippen molar-refractivity contribution in [3.05, 3.63) is 0 Å². The first-order chi connectivity index (χ1) is 18.6. The fourth-order valence-electron chi connectivity index (χ4n) is 10.4. The van der Waals surface area contributed by atoms with E-state index >= 15 is 0 Å². The molecule has 4 aliphatic rings. The lowest BCUT2D eigenvalue weighted by molar-refractivity contribution is -0.148. The molecule has 0 amide bonds. The SMILES string of the molecule is CC(C)OC(=O)CC[C@@H](C)C1CCC2C3CCC4C[C@@H](NCCCN(C)CCCN)CC[C@]4(C)C3CC[C@@]21C. The lowest BCUT2D eigenvalue weighted by Crippen LogP contribution is -2.55. The molecule has 4 saturated carbocycles. The molecule has 5 heteroatoms. The second-order valence-corrected chi connectivity index (χ2v) is 15.2. The molecule has 0 radical (unpaired) electrons. The topological polar surface area (TPSA) is 67.6 Å². The Kier molecular flexibility index (Phi) is 10.9. The molecule has 9 atom stereocenters. The van der Waals surface area contributed by atoms with Gasteiger partial charge in [-0.05, 0) is 170 Å². The van der Waals surface area contributed by atoms with Gasteiger partial charge in [0.05, 0.1) is 6.10 Å². The highest BCUT2D eigenvalue weighted by Gasteiger charge is 2.60. The number of rotatable bonds is 13. The summed E-state index contributed by atoms with van der Waals surface area (Å²) in [5, 5.41) is 3.96. The Hall–Kier alpha value is -0.650. The molecule has 5 unspecified atom stereocenters. The molecule has 0 saturated heterocycles. The average Bonchev–Trinajstić information content (AvgIpc) is 3.25. The number of carbonyl (C=O) groups excluding carboxylic acids is 1. The molecule has 5 nitrogen and oxygen atoms in total. The van der Waals surface area contributed by atoms with Gasteiger partial charge in [-0.3, -0.25) is 4.79 Å². The van der Waals surface area contributed by atoms with Crippen molar-refractivity contribution < 1.29 is 9.53 Å². The number of fused-ring (bicyclic) bond motifs is 5. The van der Waals surface area contributed by atoms with Gasteiger partial charge in [0.25, 0.3) is 0 Å². The van der Waals surface area contributed by atoms with Gasteiger partial charge in [-0.25, -0.2) is 0 Å². The van der Waals surface area contributed by atoms with E-state index in [0.717, 1.165) is 68.1 Å². The van der Waals surface area contributed by atoms with Crippen LogP contribution in [0.5, 0.6) is 0 Å². The predicted octanol–water partition coefficient (Wildman–Crippen LogP) is 6.64. The van der Waals surface area contributed by atoms with Crippen LogP contribution in [-0.4, -0.2) is 56.2 Å². The zero-order valence-corrected chi connectivity index (χ0v) is 26.5. The van der Waals surface area contributed by atoms with Crippen LogP contribution < -0.4 is 11.1 Å². The van der Waals surface area contributed by atoms with Crippen molar-refractivity contribution in [1.82, 2.24) is 10.2 Å². The third-order valence-corrected chi connectivity index (χ3v) is 12.5. The summed E-state index contributed by atoms with van der Waals surface area (Å²) < 4.78 is 5.43. The van der Waals surface area contributed by atoms with Crippen LogP contribution in [-0.2, 0) is 9.53 Å². The van der Waals surface area contributed by atoms with Gasteiger partial charge in [0, 0.05) is 12.5 Å². The van der Waals surface area contributed by atoms with E-state index in [2.05, 4.69) is 38.0 Å². The first-order valence-electron chi connectivity index (χ1n) is 16.9. The molecule has 39 heavy (non-hydrogen) atoms. The number of ether oxygens (including phenoxy) is 1. The molecule has 0 aromatic rings. The summed E-state index contributed by atoms with van der Waals surface area (Å²) in [7, 11) is 2.23. The zero-order valence-electron chi connectivity index (χ0n) is 26.5. The van der Waals surface area contributed by atoms with Crippen LogP contribution in [0.25, 0.3) is 0 Å². The van der Waals surface area contributed by atoms with E-state index in [-0.39, 0.29) is 12.1 Å². The predicted molar refractivity (Wildman–Crippen MR) is 162 cm³/mol. The molecular weight excluding hydrogens is 482 g/mol. The zero-order chi connectivity index (χ0) is 28.2.